The van der Waals surface area contributed by atoms with Crippen molar-refractivity contribution in [3.05, 3.63) is 28.8 Å². The van der Waals surface area contributed by atoms with Crippen molar-refractivity contribution in [1.29, 1.82) is 0 Å². The molecule has 1 aromatic carbocycles. The Morgan fingerprint density at radius 3 is 1.95 bits per heavy atom. The summed E-state index contributed by atoms with van der Waals surface area (Å²) in [5, 5.41) is -0.0689. The molecule has 1 atom stereocenters. The maximum absolute atomic E-state index is 12.3. The van der Waals surface area contributed by atoms with Crippen LogP contribution in [0, 0.1) is 0 Å². The van der Waals surface area contributed by atoms with Gasteiger partial charge in [0, 0.05) is 11.1 Å². The summed E-state index contributed by atoms with van der Waals surface area (Å²) in [5.74, 6) is -0.640. The van der Waals surface area contributed by atoms with Crippen molar-refractivity contribution in [3.8, 4) is 5.75 Å². The van der Waals surface area contributed by atoms with Crippen LogP contribution in [0.2, 0.25) is 5.02 Å². The van der Waals surface area contributed by atoms with Gasteiger partial charge in [0.25, 0.3) is 6.10 Å². The maximum Gasteiger partial charge on any atom is 0.434 e. The first-order valence-corrected chi connectivity index (χ1v) is 5.66. The van der Waals surface area contributed by atoms with E-state index in [1.807, 2.05) is 0 Å². The van der Waals surface area contributed by atoms with Gasteiger partial charge in [-0.3, -0.25) is 0 Å². The first-order chi connectivity index (χ1) is 8.93. The van der Waals surface area contributed by atoms with E-state index in [1.165, 1.54) is 6.07 Å². The molecule has 2 N–H and O–H groups in total. The van der Waals surface area contributed by atoms with E-state index in [2.05, 4.69) is 4.74 Å². The number of nitrogens with two attached hydrogens (primary N) is 1. The number of benzene rings is 1. The van der Waals surface area contributed by atoms with Gasteiger partial charge in [0.05, 0.1) is 0 Å². The monoisotopic (exact) mass is 321 g/mol. The average Bonchev–Trinajstić information content (AvgIpc) is 2.22. The summed E-state index contributed by atoms with van der Waals surface area (Å²) in [6.07, 6.45) is -15.1. The summed E-state index contributed by atoms with van der Waals surface area (Å²) >= 11 is 5.71. The van der Waals surface area contributed by atoms with Crippen LogP contribution in [0.25, 0.3) is 0 Å². The van der Waals surface area contributed by atoms with Crippen LogP contribution in [0.4, 0.5) is 26.3 Å². The normalized spacial score (nSPS) is 14.5. The summed E-state index contributed by atoms with van der Waals surface area (Å²) in [7, 11) is 0. The number of halogens is 7. The molecule has 2 nitrogen and oxygen atoms in total. The van der Waals surface area contributed by atoms with Gasteiger partial charge < -0.3 is 10.5 Å². The molecule has 0 aliphatic heterocycles. The Morgan fingerprint density at radius 1 is 1.10 bits per heavy atom. The molecule has 0 heterocycles. The average molecular weight is 322 g/mol. The lowest BCUT2D eigenvalue weighted by atomic mass is 10.1. The Morgan fingerprint density at radius 2 is 1.60 bits per heavy atom. The molecule has 114 valence electrons. The zero-order valence-electron chi connectivity index (χ0n) is 10.0. The van der Waals surface area contributed by atoms with Crippen molar-refractivity contribution < 1.29 is 31.1 Å². The van der Waals surface area contributed by atoms with Gasteiger partial charge in [-0.25, -0.2) is 0 Å². The summed E-state index contributed by atoms with van der Waals surface area (Å²) in [6.45, 7) is 1.57. The Labute approximate surface area is 115 Å². The van der Waals surface area contributed by atoms with E-state index >= 15 is 0 Å². The SMILES string of the molecule is CC(N)c1ccc(OC(C(F)(F)F)C(F)(F)F)cc1Cl. The second kappa shape index (κ2) is 5.69. The fraction of sp³-hybridized carbons (Fsp3) is 0.455. The first kappa shape index (κ1) is 16.9. The molecule has 1 aromatic rings. The summed E-state index contributed by atoms with van der Waals surface area (Å²) in [4.78, 5) is 0. The number of alkyl halides is 6. The van der Waals surface area contributed by atoms with Gasteiger partial charge in [0.1, 0.15) is 5.75 Å². The van der Waals surface area contributed by atoms with Gasteiger partial charge in [0.15, 0.2) is 0 Å². The lowest BCUT2D eigenvalue weighted by molar-refractivity contribution is -0.299. The highest BCUT2D eigenvalue weighted by atomic mass is 35.5. The second-order valence-corrected chi connectivity index (χ2v) is 4.46. The minimum absolute atomic E-state index is 0.0689. The van der Waals surface area contributed by atoms with E-state index in [1.54, 1.807) is 6.92 Å². The zero-order chi connectivity index (χ0) is 15.7. The van der Waals surface area contributed by atoms with E-state index in [0.717, 1.165) is 12.1 Å². The quantitative estimate of drug-likeness (QED) is 0.846. The Balaban J connectivity index is 3.05. The molecule has 0 spiro atoms. The molecule has 1 rings (SSSR count). The first-order valence-electron chi connectivity index (χ1n) is 5.28. The molecule has 0 bridgehead atoms. The number of rotatable bonds is 3. The third-order valence-electron chi connectivity index (χ3n) is 2.31. The van der Waals surface area contributed by atoms with Crippen LogP contribution in [0.5, 0.6) is 5.75 Å². The summed E-state index contributed by atoms with van der Waals surface area (Å²) in [6, 6.07) is 2.52. The highest BCUT2D eigenvalue weighted by Crippen LogP contribution is 2.37. The predicted molar refractivity (Wildman–Crippen MR) is 60.6 cm³/mol. The molecule has 0 aliphatic rings. The molecule has 0 aromatic heterocycles. The summed E-state index contributed by atoms with van der Waals surface area (Å²) < 4.78 is 77.9. The third kappa shape index (κ3) is 4.17. The minimum atomic E-state index is -5.58. The number of ether oxygens (including phenoxy) is 1. The smallest absolute Gasteiger partial charge is 0.434 e. The molecule has 0 radical (unpaired) electrons. The molecule has 1 unspecified atom stereocenters. The third-order valence-corrected chi connectivity index (χ3v) is 2.64. The Bertz CT molecular complexity index is 457. The van der Waals surface area contributed by atoms with Crippen LogP contribution in [-0.2, 0) is 0 Å². The van der Waals surface area contributed by atoms with E-state index in [4.69, 9.17) is 17.3 Å². The molecular formula is C11H10ClF6NO. The van der Waals surface area contributed by atoms with Crippen molar-refractivity contribution in [2.75, 3.05) is 0 Å². The highest BCUT2D eigenvalue weighted by Gasteiger charge is 2.59. The molecule has 0 saturated carbocycles. The van der Waals surface area contributed by atoms with Crippen LogP contribution in [0.15, 0.2) is 18.2 Å². The van der Waals surface area contributed by atoms with Crippen molar-refractivity contribution in [2.45, 2.75) is 31.4 Å². The van der Waals surface area contributed by atoms with Gasteiger partial charge >= 0.3 is 12.4 Å². The number of hydrogen-bond donors (Lipinski definition) is 1. The standard InChI is InChI=1S/C11H10ClF6NO/c1-5(19)7-3-2-6(4-8(7)12)20-9(10(13,14)15)11(16,17)18/h2-5,9H,19H2,1H3. The molecule has 0 saturated heterocycles. The molecule has 0 amide bonds. The molecule has 9 heteroatoms. The molecule has 0 fully saturated rings. The maximum atomic E-state index is 12.3. The number of hydrogen-bond acceptors (Lipinski definition) is 2. The lowest BCUT2D eigenvalue weighted by Crippen LogP contribution is -2.46. The van der Waals surface area contributed by atoms with E-state index in [0.29, 0.717) is 5.56 Å². The van der Waals surface area contributed by atoms with Crippen LogP contribution < -0.4 is 10.5 Å². The van der Waals surface area contributed by atoms with Crippen LogP contribution in [0.1, 0.15) is 18.5 Å². The van der Waals surface area contributed by atoms with Crippen molar-refractivity contribution in [2.24, 2.45) is 5.73 Å². The van der Waals surface area contributed by atoms with Gasteiger partial charge in [-0.1, -0.05) is 17.7 Å². The second-order valence-electron chi connectivity index (χ2n) is 4.05. The zero-order valence-corrected chi connectivity index (χ0v) is 10.8. The van der Waals surface area contributed by atoms with Gasteiger partial charge in [-0.15, -0.1) is 0 Å². The fourth-order valence-corrected chi connectivity index (χ4v) is 1.75. The van der Waals surface area contributed by atoms with Crippen molar-refractivity contribution >= 4 is 11.6 Å². The van der Waals surface area contributed by atoms with Crippen LogP contribution in [0.3, 0.4) is 0 Å². The Hall–Kier alpha value is -1.15. The van der Waals surface area contributed by atoms with Crippen molar-refractivity contribution in [1.82, 2.24) is 0 Å². The Kier molecular flexibility index (Phi) is 4.81. The fourth-order valence-electron chi connectivity index (χ4n) is 1.41. The molecule has 20 heavy (non-hydrogen) atoms. The predicted octanol–water partition coefficient (Wildman–Crippen LogP) is 4.23. The lowest BCUT2D eigenvalue weighted by Gasteiger charge is -2.24. The van der Waals surface area contributed by atoms with E-state index in [-0.39, 0.29) is 5.02 Å². The van der Waals surface area contributed by atoms with Gasteiger partial charge in [-0.2, -0.15) is 26.3 Å². The van der Waals surface area contributed by atoms with E-state index in [9.17, 15) is 26.3 Å². The van der Waals surface area contributed by atoms with E-state index < -0.39 is 30.2 Å². The largest absolute Gasteiger partial charge is 0.471 e. The van der Waals surface area contributed by atoms with Gasteiger partial charge in [0.2, 0.25) is 0 Å². The summed E-state index contributed by atoms with van der Waals surface area (Å²) in [5.41, 5.74) is 5.90. The highest BCUT2D eigenvalue weighted by molar-refractivity contribution is 6.31. The topological polar surface area (TPSA) is 35.2 Å². The van der Waals surface area contributed by atoms with Crippen LogP contribution >= 0.6 is 11.6 Å². The minimum Gasteiger partial charge on any atom is -0.471 e. The van der Waals surface area contributed by atoms with Crippen molar-refractivity contribution in [3.63, 3.8) is 0 Å². The van der Waals surface area contributed by atoms with Crippen LogP contribution in [-0.4, -0.2) is 18.5 Å². The molecule has 0 aliphatic carbocycles. The molecular weight excluding hydrogens is 312 g/mol. The van der Waals surface area contributed by atoms with Gasteiger partial charge in [-0.05, 0) is 24.6 Å².